The topological polar surface area (TPSA) is 71.2 Å². The first-order valence-corrected chi connectivity index (χ1v) is 6.71. The van der Waals surface area contributed by atoms with Gasteiger partial charge < -0.3 is 16.0 Å². The molecule has 1 aliphatic heterocycles. The first-order chi connectivity index (χ1) is 8.19. The second kappa shape index (κ2) is 5.57. The van der Waals surface area contributed by atoms with Gasteiger partial charge in [-0.05, 0) is 33.0 Å². The highest BCUT2D eigenvalue weighted by molar-refractivity contribution is 7.09. The Bertz CT molecular complexity index is 385. The molecule has 6 heteroatoms. The first kappa shape index (κ1) is 12.5. The summed E-state index contributed by atoms with van der Waals surface area (Å²) in [7, 11) is 2.10. The van der Waals surface area contributed by atoms with Crippen molar-refractivity contribution in [1.82, 2.24) is 15.2 Å². The van der Waals surface area contributed by atoms with Crippen LogP contribution in [-0.2, 0) is 6.54 Å². The molecule has 1 saturated heterocycles. The number of likely N-dealkylation sites (tertiary alicyclic amines) is 1. The molecule has 0 unspecified atom stereocenters. The van der Waals surface area contributed by atoms with E-state index < -0.39 is 0 Å². The van der Waals surface area contributed by atoms with E-state index in [0.717, 1.165) is 30.9 Å². The summed E-state index contributed by atoms with van der Waals surface area (Å²) < 4.78 is 0. The second-order valence-electron chi connectivity index (χ2n) is 4.38. The van der Waals surface area contributed by atoms with Crippen LogP contribution in [0, 0.1) is 0 Å². The van der Waals surface area contributed by atoms with Crippen LogP contribution in [0.15, 0.2) is 5.38 Å². The highest BCUT2D eigenvalue weighted by atomic mass is 32.1. The van der Waals surface area contributed by atoms with Crippen LogP contribution in [0.4, 0.5) is 0 Å². The molecule has 1 aromatic rings. The SMILES string of the molecule is CN1CCC(NC(=O)c2csc(CN)n2)CC1. The van der Waals surface area contributed by atoms with Gasteiger partial charge in [-0.1, -0.05) is 0 Å². The van der Waals surface area contributed by atoms with Gasteiger partial charge in [0.1, 0.15) is 10.7 Å². The highest BCUT2D eigenvalue weighted by Crippen LogP contribution is 2.11. The van der Waals surface area contributed by atoms with Gasteiger partial charge in [-0.25, -0.2) is 4.98 Å². The van der Waals surface area contributed by atoms with Gasteiger partial charge in [0, 0.05) is 18.0 Å². The van der Waals surface area contributed by atoms with Crippen molar-refractivity contribution in [2.45, 2.75) is 25.4 Å². The predicted molar refractivity (Wildman–Crippen MR) is 68.0 cm³/mol. The van der Waals surface area contributed by atoms with E-state index in [1.165, 1.54) is 11.3 Å². The van der Waals surface area contributed by atoms with Crippen molar-refractivity contribution >= 4 is 17.2 Å². The number of nitrogens with zero attached hydrogens (tertiary/aromatic N) is 2. The third kappa shape index (κ3) is 3.24. The number of hydrogen-bond donors (Lipinski definition) is 2. The largest absolute Gasteiger partial charge is 0.348 e. The number of carbonyl (C=O) groups is 1. The van der Waals surface area contributed by atoms with E-state index >= 15 is 0 Å². The van der Waals surface area contributed by atoms with Gasteiger partial charge >= 0.3 is 0 Å². The van der Waals surface area contributed by atoms with Gasteiger partial charge in [-0.15, -0.1) is 11.3 Å². The maximum absolute atomic E-state index is 11.9. The first-order valence-electron chi connectivity index (χ1n) is 5.83. The van der Waals surface area contributed by atoms with Gasteiger partial charge in [-0.3, -0.25) is 4.79 Å². The van der Waals surface area contributed by atoms with Crippen molar-refractivity contribution in [3.05, 3.63) is 16.1 Å². The molecule has 0 saturated carbocycles. The van der Waals surface area contributed by atoms with Crippen molar-refractivity contribution < 1.29 is 4.79 Å². The van der Waals surface area contributed by atoms with Gasteiger partial charge in [-0.2, -0.15) is 0 Å². The smallest absolute Gasteiger partial charge is 0.270 e. The monoisotopic (exact) mass is 254 g/mol. The van der Waals surface area contributed by atoms with Crippen LogP contribution in [0.3, 0.4) is 0 Å². The number of nitrogens with one attached hydrogen (secondary N) is 1. The molecular weight excluding hydrogens is 236 g/mol. The summed E-state index contributed by atoms with van der Waals surface area (Å²) >= 11 is 1.44. The molecule has 2 rings (SSSR count). The molecule has 0 bridgehead atoms. The van der Waals surface area contributed by atoms with Gasteiger partial charge in [0.25, 0.3) is 5.91 Å². The Morgan fingerprint density at radius 2 is 2.35 bits per heavy atom. The molecule has 1 amide bonds. The van der Waals surface area contributed by atoms with Crippen LogP contribution >= 0.6 is 11.3 Å². The quantitative estimate of drug-likeness (QED) is 0.820. The second-order valence-corrected chi connectivity index (χ2v) is 5.32. The van der Waals surface area contributed by atoms with Crippen molar-refractivity contribution in [2.24, 2.45) is 5.73 Å². The molecule has 0 aliphatic carbocycles. The molecule has 1 aliphatic rings. The van der Waals surface area contributed by atoms with E-state index in [1.54, 1.807) is 5.38 Å². The zero-order valence-electron chi connectivity index (χ0n) is 9.98. The number of carbonyl (C=O) groups excluding carboxylic acids is 1. The third-order valence-corrected chi connectivity index (χ3v) is 3.88. The van der Waals surface area contributed by atoms with E-state index in [9.17, 15) is 4.79 Å². The Labute approximate surface area is 105 Å². The zero-order chi connectivity index (χ0) is 12.3. The van der Waals surface area contributed by atoms with Crippen LogP contribution < -0.4 is 11.1 Å². The number of rotatable bonds is 3. The van der Waals surface area contributed by atoms with Crippen molar-refractivity contribution in [3.8, 4) is 0 Å². The lowest BCUT2D eigenvalue weighted by molar-refractivity contribution is 0.0912. The Morgan fingerprint density at radius 3 is 2.94 bits per heavy atom. The van der Waals surface area contributed by atoms with Crippen molar-refractivity contribution in [3.63, 3.8) is 0 Å². The van der Waals surface area contributed by atoms with Gasteiger partial charge in [0.15, 0.2) is 0 Å². The van der Waals surface area contributed by atoms with E-state index in [1.807, 2.05) is 0 Å². The van der Waals surface area contributed by atoms with Crippen LogP contribution in [0.1, 0.15) is 28.3 Å². The standard InChI is InChI=1S/C11H18N4OS/c1-15-4-2-8(3-5-15)13-11(16)9-7-17-10(6-12)14-9/h7-8H,2-6,12H2,1H3,(H,13,16). The minimum Gasteiger partial charge on any atom is -0.348 e. The summed E-state index contributed by atoms with van der Waals surface area (Å²) in [5.74, 6) is -0.0736. The Hall–Kier alpha value is -0.980. The summed E-state index contributed by atoms with van der Waals surface area (Å²) in [6.07, 6.45) is 2.02. The zero-order valence-corrected chi connectivity index (χ0v) is 10.8. The molecular formula is C11H18N4OS. The fourth-order valence-corrected chi connectivity index (χ4v) is 2.58. The molecule has 2 heterocycles. The summed E-state index contributed by atoms with van der Waals surface area (Å²) in [5.41, 5.74) is 5.97. The molecule has 1 aromatic heterocycles. The normalized spacial score (nSPS) is 18.2. The van der Waals surface area contributed by atoms with Crippen molar-refractivity contribution in [1.29, 1.82) is 0 Å². The van der Waals surface area contributed by atoms with Crippen LogP contribution in [-0.4, -0.2) is 42.0 Å². The number of aromatic nitrogens is 1. The summed E-state index contributed by atoms with van der Waals surface area (Å²) in [5, 5.41) is 5.61. The predicted octanol–water partition coefficient (Wildman–Crippen LogP) is 0.426. The fraction of sp³-hybridized carbons (Fsp3) is 0.636. The van der Waals surface area contributed by atoms with E-state index in [2.05, 4.69) is 22.2 Å². The number of amides is 1. The fourth-order valence-electron chi connectivity index (χ4n) is 1.92. The Balaban J connectivity index is 1.88. The van der Waals surface area contributed by atoms with Gasteiger partial charge in [0.05, 0.1) is 0 Å². The molecule has 0 atom stereocenters. The van der Waals surface area contributed by atoms with E-state index in [-0.39, 0.29) is 11.9 Å². The van der Waals surface area contributed by atoms with Gasteiger partial charge in [0.2, 0.25) is 0 Å². The number of hydrogen-bond acceptors (Lipinski definition) is 5. The maximum atomic E-state index is 11.9. The highest BCUT2D eigenvalue weighted by Gasteiger charge is 2.20. The minimum atomic E-state index is -0.0736. The van der Waals surface area contributed by atoms with Crippen LogP contribution in [0.2, 0.25) is 0 Å². The number of nitrogens with two attached hydrogens (primary N) is 1. The Kier molecular flexibility index (Phi) is 4.09. The maximum Gasteiger partial charge on any atom is 0.270 e. The van der Waals surface area contributed by atoms with Crippen molar-refractivity contribution in [2.75, 3.05) is 20.1 Å². The lowest BCUT2D eigenvalue weighted by Gasteiger charge is -2.29. The molecule has 17 heavy (non-hydrogen) atoms. The molecule has 3 N–H and O–H groups in total. The summed E-state index contributed by atoms with van der Waals surface area (Å²) in [6.45, 7) is 2.47. The Morgan fingerprint density at radius 1 is 1.65 bits per heavy atom. The third-order valence-electron chi connectivity index (χ3n) is 3.01. The minimum absolute atomic E-state index is 0.0736. The molecule has 94 valence electrons. The lowest BCUT2D eigenvalue weighted by atomic mass is 10.1. The molecule has 0 aromatic carbocycles. The summed E-state index contributed by atoms with van der Waals surface area (Å²) in [4.78, 5) is 18.4. The number of thiazole rings is 1. The average Bonchev–Trinajstić information content (AvgIpc) is 2.81. The molecule has 0 spiro atoms. The van der Waals surface area contributed by atoms with Crippen LogP contribution in [0.25, 0.3) is 0 Å². The molecule has 5 nitrogen and oxygen atoms in total. The average molecular weight is 254 g/mol. The van der Waals surface area contributed by atoms with Crippen LogP contribution in [0.5, 0.6) is 0 Å². The molecule has 0 radical (unpaired) electrons. The van der Waals surface area contributed by atoms with E-state index in [0.29, 0.717) is 12.2 Å². The molecule has 1 fully saturated rings. The lowest BCUT2D eigenvalue weighted by Crippen LogP contribution is -2.43. The number of piperidine rings is 1. The summed E-state index contributed by atoms with van der Waals surface area (Å²) in [6, 6.07) is 0.279. The van der Waals surface area contributed by atoms with E-state index in [4.69, 9.17) is 5.73 Å².